The summed E-state index contributed by atoms with van der Waals surface area (Å²) in [4.78, 5) is 0. The molecule has 0 fully saturated rings. The van der Waals surface area contributed by atoms with Gasteiger partial charge in [-0.05, 0) is 37.3 Å². The van der Waals surface area contributed by atoms with Crippen LogP contribution in [0.15, 0.2) is 0 Å². The lowest BCUT2D eigenvalue weighted by atomic mass is 10.1. The van der Waals surface area contributed by atoms with Crippen LogP contribution in [0.2, 0.25) is 0 Å². The minimum absolute atomic E-state index is 0.767. The Morgan fingerprint density at radius 2 is 0.553 bits per heavy atom. The molecule has 0 aromatic rings. The van der Waals surface area contributed by atoms with Crippen molar-refractivity contribution in [3.8, 4) is 0 Å². The third-order valence-corrected chi connectivity index (χ3v) is 7.91. The van der Waals surface area contributed by atoms with Crippen LogP contribution in [0.5, 0.6) is 0 Å². The quantitative estimate of drug-likeness (QED) is 0.0685. The molecule has 0 radical (unpaired) electrons. The first kappa shape index (κ1) is 39.9. The third-order valence-electron chi connectivity index (χ3n) is 7.10. The van der Waals surface area contributed by atoms with Crippen molar-refractivity contribution in [3.05, 3.63) is 0 Å². The van der Waals surface area contributed by atoms with Gasteiger partial charge in [0.05, 0.1) is 13.2 Å². The number of unbranched alkanes of at least 4 members (excludes halogenated alkanes) is 22. The molecule has 4 heteroatoms. The maximum absolute atomic E-state index is 5.41. The molecule has 0 spiro atoms. The Kier molecular flexibility index (Phi) is 38.6. The summed E-state index contributed by atoms with van der Waals surface area (Å²) >= 11 is 10.0. The number of ether oxygens (including phenoxy) is 2. The predicted octanol–water partition coefficient (Wildman–Crippen LogP) is 12.9. The molecule has 0 rings (SSSR count). The summed E-state index contributed by atoms with van der Waals surface area (Å²) in [6.07, 6.45) is 35.0. The Labute approximate surface area is 251 Å². The second kappa shape index (κ2) is 36.8. The van der Waals surface area contributed by atoms with Gasteiger partial charge in [-0.1, -0.05) is 169 Å². The molecule has 228 valence electrons. The largest absolute Gasteiger partial charge is 0.487 e. The van der Waals surface area contributed by atoms with Crippen molar-refractivity contribution in [2.24, 2.45) is 0 Å². The van der Waals surface area contributed by atoms with E-state index in [1.165, 1.54) is 141 Å². The molecule has 0 aliphatic carbocycles. The molecule has 38 heavy (non-hydrogen) atoms. The second-order valence-corrected chi connectivity index (χ2v) is 11.8. The highest BCUT2D eigenvalue weighted by Crippen LogP contribution is 2.13. The third kappa shape index (κ3) is 37.9. The summed E-state index contributed by atoms with van der Waals surface area (Å²) < 4.78 is 10.8. The second-order valence-electron chi connectivity index (χ2n) is 10.9. The Hall–Kier alpha value is -0.220. The molecule has 0 bridgehead atoms. The Bertz CT molecular complexity index is 425. The number of thiocarbonyl (C=S) groups is 2. The van der Waals surface area contributed by atoms with Crippen molar-refractivity contribution in [3.63, 3.8) is 0 Å². The zero-order valence-corrected chi connectivity index (χ0v) is 28.1. The van der Waals surface area contributed by atoms with Gasteiger partial charge in [-0.15, -0.1) is 0 Å². The van der Waals surface area contributed by atoms with Crippen molar-refractivity contribution in [2.45, 2.75) is 195 Å². The molecule has 0 aromatic heterocycles. The number of rotatable bonds is 28. The van der Waals surface area contributed by atoms with E-state index in [-0.39, 0.29) is 0 Å². The highest BCUT2D eigenvalue weighted by Gasteiger charge is 1.97. The van der Waals surface area contributed by atoms with Crippen molar-refractivity contribution < 1.29 is 9.47 Å². The van der Waals surface area contributed by atoms with Crippen molar-refractivity contribution in [2.75, 3.05) is 13.2 Å². The Balaban J connectivity index is 0. The van der Waals surface area contributed by atoms with E-state index < -0.39 is 0 Å². The topological polar surface area (TPSA) is 18.5 Å². The van der Waals surface area contributed by atoms with E-state index >= 15 is 0 Å². The van der Waals surface area contributed by atoms with Gasteiger partial charge in [0.15, 0.2) is 10.1 Å². The van der Waals surface area contributed by atoms with Crippen LogP contribution in [0.3, 0.4) is 0 Å². The van der Waals surface area contributed by atoms with E-state index in [0.717, 1.165) is 49.0 Å². The van der Waals surface area contributed by atoms with Gasteiger partial charge in [0.25, 0.3) is 0 Å². The van der Waals surface area contributed by atoms with Gasteiger partial charge >= 0.3 is 0 Å². The molecule has 0 aliphatic rings. The first-order valence-electron chi connectivity index (χ1n) is 16.9. The van der Waals surface area contributed by atoms with Gasteiger partial charge in [0.1, 0.15) is 0 Å². The molecule has 0 saturated heterocycles. The normalized spacial score (nSPS) is 10.6. The maximum atomic E-state index is 5.41. The monoisotopic (exact) mass is 572 g/mol. The Morgan fingerprint density at radius 1 is 0.342 bits per heavy atom. The average molecular weight is 573 g/mol. The summed E-state index contributed by atoms with van der Waals surface area (Å²) in [5, 5.41) is 1.53. The number of hydrogen-bond acceptors (Lipinski definition) is 4. The van der Waals surface area contributed by atoms with Gasteiger partial charge in [0, 0.05) is 12.8 Å². The molecular formula is C34H68O2S2. The lowest BCUT2D eigenvalue weighted by molar-refractivity contribution is 0.293. The van der Waals surface area contributed by atoms with Crippen molar-refractivity contribution in [1.82, 2.24) is 0 Å². The van der Waals surface area contributed by atoms with Gasteiger partial charge in [0.2, 0.25) is 0 Å². The summed E-state index contributed by atoms with van der Waals surface area (Å²) in [6.45, 7) is 10.3. The fraction of sp³-hybridized carbons (Fsp3) is 0.941. The summed E-state index contributed by atoms with van der Waals surface area (Å²) in [5.74, 6) is 0. The lowest BCUT2D eigenvalue weighted by Crippen LogP contribution is -2.01. The van der Waals surface area contributed by atoms with Crippen LogP contribution >= 0.6 is 24.4 Å². The molecular weight excluding hydrogens is 505 g/mol. The molecule has 0 unspecified atom stereocenters. The molecule has 0 heterocycles. The van der Waals surface area contributed by atoms with E-state index in [1.807, 2.05) is 13.8 Å². The van der Waals surface area contributed by atoms with Crippen LogP contribution in [0.4, 0.5) is 0 Å². The smallest absolute Gasteiger partial charge is 0.159 e. The molecule has 0 saturated carbocycles. The van der Waals surface area contributed by atoms with Crippen LogP contribution in [0.1, 0.15) is 195 Å². The standard InChI is InChI=1S/2C17H34OS/c2*1-3-5-6-7-8-9-10-11-12-13-14-15-16-18-17(19)4-2/h2*3-16H2,1-2H3. The van der Waals surface area contributed by atoms with Crippen LogP contribution in [-0.2, 0) is 9.47 Å². The van der Waals surface area contributed by atoms with Gasteiger partial charge in [-0.2, -0.15) is 0 Å². The SMILES string of the molecule is CCCCCCCCCCCCCCOC(=S)CC.CCCCCCCCCCCCCCOC(=S)CC. The summed E-state index contributed by atoms with van der Waals surface area (Å²) in [5.41, 5.74) is 0. The molecule has 2 nitrogen and oxygen atoms in total. The molecule has 0 aliphatic heterocycles. The molecule has 0 atom stereocenters. The fourth-order valence-electron chi connectivity index (χ4n) is 4.46. The van der Waals surface area contributed by atoms with E-state index in [9.17, 15) is 0 Å². The predicted molar refractivity (Wildman–Crippen MR) is 180 cm³/mol. The maximum Gasteiger partial charge on any atom is 0.159 e. The zero-order valence-electron chi connectivity index (χ0n) is 26.4. The van der Waals surface area contributed by atoms with Gasteiger partial charge < -0.3 is 9.47 Å². The molecule has 0 N–H and O–H groups in total. The Morgan fingerprint density at radius 3 is 0.763 bits per heavy atom. The number of hydrogen-bond donors (Lipinski definition) is 0. The zero-order chi connectivity index (χ0) is 28.4. The van der Waals surface area contributed by atoms with Crippen molar-refractivity contribution >= 4 is 34.5 Å². The minimum atomic E-state index is 0.767. The van der Waals surface area contributed by atoms with Crippen LogP contribution < -0.4 is 0 Å². The highest BCUT2D eigenvalue weighted by atomic mass is 32.1. The van der Waals surface area contributed by atoms with E-state index in [4.69, 9.17) is 33.9 Å². The highest BCUT2D eigenvalue weighted by molar-refractivity contribution is 7.80. The summed E-state index contributed by atoms with van der Waals surface area (Å²) in [7, 11) is 0. The van der Waals surface area contributed by atoms with Gasteiger partial charge in [-0.3, -0.25) is 0 Å². The van der Waals surface area contributed by atoms with E-state index in [0.29, 0.717) is 0 Å². The fourth-order valence-corrected chi connectivity index (χ4v) is 4.63. The first-order valence-corrected chi connectivity index (χ1v) is 17.7. The molecule has 0 aromatic carbocycles. The van der Waals surface area contributed by atoms with Crippen LogP contribution in [-0.4, -0.2) is 23.3 Å². The lowest BCUT2D eigenvalue weighted by Gasteiger charge is -2.05. The van der Waals surface area contributed by atoms with Crippen LogP contribution in [0, 0.1) is 0 Å². The van der Waals surface area contributed by atoms with E-state index in [1.54, 1.807) is 0 Å². The summed E-state index contributed by atoms with van der Waals surface area (Å²) in [6, 6.07) is 0. The minimum Gasteiger partial charge on any atom is -0.487 e. The average Bonchev–Trinajstić information content (AvgIpc) is 2.93. The van der Waals surface area contributed by atoms with Crippen molar-refractivity contribution in [1.29, 1.82) is 0 Å². The molecule has 0 amide bonds. The first-order chi connectivity index (χ1) is 18.6. The van der Waals surface area contributed by atoms with Crippen LogP contribution in [0.25, 0.3) is 0 Å². The van der Waals surface area contributed by atoms with E-state index in [2.05, 4.69) is 13.8 Å². The van der Waals surface area contributed by atoms with Gasteiger partial charge in [-0.25, -0.2) is 0 Å².